The average Bonchev–Trinajstić information content (AvgIpc) is 3.07. The first-order chi connectivity index (χ1) is 23.1. The quantitative estimate of drug-likeness (QED) is 0.137. The van der Waals surface area contributed by atoms with Crippen LogP contribution in [0.1, 0.15) is 43.9 Å². The molecule has 15 nitrogen and oxygen atoms in total. The third-order valence-electron chi connectivity index (χ3n) is 6.85. The number of carbonyl (C=O) groups is 6. The van der Waals surface area contributed by atoms with Crippen molar-refractivity contribution in [3.8, 4) is 0 Å². The number of ether oxygens (including phenoxy) is 3. The van der Waals surface area contributed by atoms with Gasteiger partial charge in [0.05, 0.1) is 33.1 Å². The van der Waals surface area contributed by atoms with Crippen molar-refractivity contribution in [1.29, 1.82) is 0 Å². The van der Waals surface area contributed by atoms with E-state index in [1.807, 2.05) is 0 Å². The van der Waals surface area contributed by atoms with Crippen molar-refractivity contribution in [2.45, 2.75) is 57.5 Å². The summed E-state index contributed by atoms with van der Waals surface area (Å²) in [6, 6.07) is 11.5. The largest absolute Gasteiger partial charge is 0.469 e. The summed E-state index contributed by atoms with van der Waals surface area (Å²) in [5, 5.41) is 10.9. The summed E-state index contributed by atoms with van der Waals surface area (Å²) in [6.45, 7) is 3.16. The highest BCUT2D eigenvalue weighted by molar-refractivity contribution is 7.93. The fourth-order valence-corrected chi connectivity index (χ4v) is 4.74. The Balaban J connectivity index is 2.30. The highest BCUT2D eigenvalue weighted by Crippen LogP contribution is 2.16. The van der Waals surface area contributed by atoms with Crippen molar-refractivity contribution in [2.24, 2.45) is 5.92 Å². The fraction of sp³-hybridized carbons (Fsp3) is 0.394. The Kier molecular flexibility index (Phi) is 15.9. The SMILES string of the molecule is COC(=O)C[C@@H](/C=C/S(C)(=O)=O)NC(=O)[C@H](NC(=O)[C@@H](NC(=O)[C@H](CC(=O)OC)NC(=O)OCc1ccccc1)c1ccccc1)C(C)C. The molecule has 2 aromatic rings. The maximum atomic E-state index is 13.8. The number of sulfone groups is 1. The maximum absolute atomic E-state index is 13.8. The van der Waals surface area contributed by atoms with Crippen molar-refractivity contribution in [3.63, 3.8) is 0 Å². The molecule has 0 aliphatic heterocycles. The van der Waals surface area contributed by atoms with Gasteiger partial charge < -0.3 is 35.5 Å². The molecule has 0 unspecified atom stereocenters. The molecule has 4 amide bonds. The van der Waals surface area contributed by atoms with E-state index in [1.165, 1.54) is 0 Å². The van der Waals surface area contributed by atoms with Crippen LogP contribution in [0, 0.1) is 5.92 Å². The van der Waals surface area contributed by atoms with Crippen molar-refractivity contribution in [2.75, 3.05) is 20.5 Å². The Bertz CT molecular complexity index is 1580. The zero-order valence-corrected chi connectivity index (χ0v) is 28.7. The average molecular weight is 703 g/mol. The highest BCUT2D eigenvalue weighted by atomic mass is 32.2. The van der Waals surface area contributed by atoms with Crippen LogP contribution in [0.15, 0.2) is 72.1 Å². The lowest BCUT2D eigenvalue weighted by Gasteiger charge is -2.27. The van der Waals surface area contributed by atoms with Crippen LogP contribution in [-0.2, 0) is 54.6 Å². The molecule has 0 bridgehead atoms. The first kappa shape index (κ1) is 39.9. The van der Waals surface area contributed by atoms with Gasteiger partial charge in [0.2, 0.25) is 17.7 Å². The molecular weight excluding hydrogens is 660 g/mol. The molecule has 4 N–H and O–H groups in total. The van der Waals surface area contributed by atoms with Crippen LogP contribution in [0.25, 0.3) is 0 Å². The third kappa shape index (κ3) is 14.6. The van der Waals surface area contributed by atoms with Crippen molar-refractivity contribution in [3.05, 3.63) is 83.3 Å². The number of hydrogen-bond acceptors (Lipinski definition) is 11. The molecule has 0 fully saturated rings. The molecule has 0 aromatic heterocycles. The van der Waals surface area contributed by atoms with Gasteiger partial charge in [-0.1, -0.05) is 80.6 Å². The number of benzene rings is 2. The molecule has 0 aliphatic rings. The summed E-state index contributed by atoms with van der Waals surface area (Å²) in [6.07, 6.45) is 0.0741. The minimum absolute atomic E-state index is 0.114. The molecule has 0 radical (unpaired) electrons. The monoisotopic (exact) mass is 702 g/mol. The third-order valence-corrected chi connectivity index (χ3v) is 7.50. The molecule has 0 heterocycles. The van der Waals surface area contributed by atoms with Crippen molar-refractivity contribution < 1.29 is 51.4 Å². The van der Waals surface area contributed by atoms with E-state index in [9.17, 15) is 37.2 Å². The van der Waals surface area contributed by atoms with Crippen LogP contribution in [0.5, 0.6) is 0 Å². The van der Waals surface area contributed by atoms with E-state index in [0.29, 0.717) is 11.1 Å². The summed E-state index contributed by atoms with van der Waals surface area (Å²) >= 11 is 0. The number of alkyl carbamates (subject to hydrolysis) is 1. The number of esters is 2. The van der Waals surface area contributed by atoms with Gasteiger partial charge in [0, 0.05) is 11.7 Å². The lowest BCUT2D eigenvalue weighted by Crippen LogP contribution is -2.56. The number of carbonyl (C=O) groups excluding carboxylic acids is 6. The van der Waals surface area contributed by atoms with Crippen molar-refractivity contribution in [1.82, 2.24) is 21.3 Å². The second kappa shape index (κ2) is 19.5. The van der Waals surface area contributed by atoms with Gasteiger partial charge in [0.15, 0.2) is 9.84 Å². The zero-order chi connectivity index (χ0) is 36.6. The van der Waals surface area contributed by atoms with Gasteiger partial charge in [-0.3, -0.25) is 24.0 Å². The molecule has 2 rings (SSSR count). The van der Waals surface area contributed by atoms with Gasteiger partial charge in [-0.15, -0.1) is 0 Å². The predicted octanol–water partition coefficient (Wildman–Crippen LogP) is 1.45. The van der Waals surface area contributed by atoms with Crippen LogP contribution in [0.4, 0.5) is 4.79 Å². The van der Waals surface area contributed by atoms with Gasteiger partial charge >= 0.3 is 18.0 Å². The Morgan fingerprint density at radius 1 is 0.735 bits per heavy atom. The Hall–Kier alpha value is -5.25. The van der Waals surface area contributed by atoms with E-state index in [0.717, 1.165) is 32.0 Å². The van der Waals surface area contributed by atoms with Crippen LogP contribution >= 0.6 is 0 Å². The lowest BCUT2D eigenvalue weighted by atomic mass is 10.00. The summed E-state index contributed by atoms with van der Waals surface area (Å²) in [7, 11) is -1.36. The lowest BCUT2D eigenvalue weighted by molar-refractivity contribution is -0.143. The summed E-state index contributed by atoms with van der Waals surface area (Å²) in [5.41, 5.74) is 0.985. The highest BCUT2D eigenvalue weighted by Gasteiger charge is 2.33. The summed E-state index contributed by atoms with van der Waals surface area (Å²) in [4.78, 5) is 77.4. The standard InChI is InChI=1S/C33H42N4O11S/c1-21(2)28(31(41)34-24(18-26(38)46-3)16-17-49(5,44)45)36-32(42)29(23-14-10-7-11-15-23)37-30(40)25(19-27(39)47-4)35-33(43)48-20-22-12-8-6-9-13-22/h6-17,21,24-25,28-29H,18-20H2,1-5H3,(H,34,41)(H,35,43)(H,36,42)(H,37,40)/b17-16+/t24-,25+,28-,29+/m1/s1. The van der Waals surface area contributed by atoms with E-state index in [1.54, 1.807) is 74.5 Å². The summed E-state index contributed by atoms with van der Waals surface area (Å²) < 4.78 is 37.9. The van der Waals surface area contributed by atoms with E-state index in [-0.39, 0.29) is 6.61 Å². The maximum Gasteiger partial charge on any atom is 0.408 e. The minimum atomic E-state index is -3.60. The summed E-state index contributed by atoms with van der Waals surface area (Å²) in [5.74, 6) is -4.58. The molecule has 0 saturated carbocycles. The molecular formula is C33H42N4O11S. The first-order valence-electron chi connectivity index (χ1n) is 15.1. The zero-order valence-electron chi connectivity index (χ0n) is 27.8. The van der Waals surface area contributed by atoms with E-state index < -0.39 is 88.5 Å². The smallest absolute Gasteiger partial charge is 0.408 e. The van der Waals surface area contributed by atoms with Gasteiger partial charge in [-0.2, -0.15) is 0 Å². The van der Waals surface area contributed by atoms with Crippen LogP contribution in [-0.4, -0.2) is 82.8 Å². The van der Waals surface area contributed by atoms with Crippen LogP contribution < -0.4 is 21.3 Å². The van der Waals surface area contributed by atoms with Crippen LogP contribution in [0.3, 0.4) is 0 Å². The van der Waals surface area contributed by atoms with Crippen molar-refractivity contribution >= 4 is 45.6 Å². The second-order valence-electron chi connectivity index (χ2n) is 11.2. The Morgan fingerprint density at radius 3 is 1.86 bits per heavy atom. The minimum Gasteiger partial charge on any atom is -0.469 e. The number of nitrogens with one attached hydrogen (secondary N) is 4. The van der Waals surface area contributed by atoms with Gasteiger partial charge in [0.1, 0.15) is 24.7 Å². The Morgan fingerprint density at radius 2 is 1.31 bits per heavy atom. The first-order valence-corrected chi connectivity index (χ1v) is 17.0. The van der Waals surface area contributed by atoms with Gasteiger partial charge in [0.25, 0.3) is 0 Å². The second-order valence-corrected chi connectivity index (χ2v) is 13.1. The molecule has 16 heteroatoms. The predicted molar refractivity (Wildman–Crippen MR) is 177 cm³/mol. The molecule has 49 heavy (non-hydrogen) atoms. The van der Waals surface area contributed by atoms with Crippen LogP contribution in [0.2, 0.25) is 0 Å². The number of amides is 4. The van der Waals surface area contributed by atoms with E-state index in [4.69, 9.17) is 4.74 Å². The molecule has 0 spiro atoms. The molecule has 0 aliphatic carbocycles. The Labute approximate surface area is 285 Å². The molecule has 0 saturated heterocycles. The molecule has 266 valence electrons. The molecule has 4 atom stereocenters. The molecule has 2 aromatic carbocycles. The van der Waals surface area contributed by atoms with E-state index >= 15 is 0 Å². The van der Waals surface area contributed by atoms with Gasteiger partial charge in [-0.25, -0.2) is 13.2 Å². The normalized spacial score (nSPS) is 13.7. The topological polar surface area (TPSA) is 212 Å². The fourth-order valence-electron chi connectivity index (χ4n) is 4.27. The van der Waals surface area contributed by atoms with E-state index in [2.05, 4.69) is 30.7 Å². The number of rotatable bonds is 17. The number of hydrogen-bond donors (Lipinski definition) is 4. The number of methoxy groups -OCH3 is 2. The van der Waals surface area contributed by atoms with Gasteiger partial charge in [-0.05, 0) is 17.0 Å².